The largest absolute Gasteiger partial charge is 0.481 e. The van der Waals surface area contributed by atoms with E-state index in [9.17, 15) is 4.79 Å². The maximum Gasteiger partial charge on any atom is 0.303 e. The summed E-state index contributed by atoms with van der Waals surface area (Å²) in [7, 11) is 0. The first kappa shape index (κ1) is 11.9. The van der Waals surface area contributed by atoms with E-state index in [-0.39, 0.29) is 11.5 Å². The molecule has 2 aliphatic rings. The van der Waals surface area contributed by atoms with Crippen molar-refractivity contribution in [1.29, 1.82) is 0 Å². The van der Waals surface area contributed by atoms with Crippen molar-refractivity contribution < 1.29 is 14.6 Å². The summed E-state index contributed by atoms with van der Waals surface area (Å²) in [5.74, 6) is -0.661. The van der Waals surface area contributed by atoms with E-state index in [1.807, 2.05) is 0 Å². The van der Waals surface area contributed by atoms with Crippen molar-refractivity contribution in [2.45, 2.75) is 45.3 Å². The number of carboxylic acid groups (broad SMARTS) is 1. The van der Waals surface area contributed by atoms with E-state index in [4.69, 9.17) is 9.84 Å². The summed E-state index contributed by atoms with van der Waals surface area (Å²) in [6.07, 6.45) is 2.73. The lowest BCUT2D eigenvalue weighted by Crippen LogP contribution is -2.49. The van der Waals surface area contributed by atoms with Gasteiger partial charge in [-0.2, -0.15) is 0 Å². The Morgan fingerprint density at radius 3 is 2.75 bits per heavy atom. The molecule has 1 saturated heterocycles. The molecule has 2 fully saturated rings. The van der Waals surface area contributed by atoms with Crippen molar-refractivity contribution in [3.63, 3.8) is 0 Å². The van der Waals surface area contributed by atoms with Crippen LogP contribution in [0.15, 0.2) is 0 Å². The van der Waals surface area contributed by atoms with E-state index in [1.54, 1.807) is 0 Å². The molecule has 0 bridgehead atoms. The molecule has 0 aromatic carbocycles. The Morgan fingerprint density at radius 1 is 1.50 bits per heavy atom. The first-order valence-corrected chi connectivity index (χ1v) is 6.08. The normalized spacial score (nSPS) is 33.6. The van der Waals surface area contributed by atoms with Crippen molar-refractivity contribution >= 4 is 5.97 Å². The molecule has 1 aliphatic heterocycles. The zero-order valence-electron chi connectivity index (χ0n) is 10.1. The van der Waals surface area contributed by atoms with Crippen LogP contribution in [0.3, 0.4) is 0 Å². The molecule has 0 aromatic heterocycles. The van der Waals surface area contributed by atoms with Gasteiger partial charge in [-0.25, -0.2) is 0 Å². The summed E-state index contributed by atoms with van der Waals surface area (Å²) in [5, 5.41) is 8.89. The summed E-state index contributed by atoms with van der Waals surface area (Å²) in [6.45, 7) is 6.86. The van der Waals surface area contributed by atoms with Crippen LogP contribution < -0.4 is 0 Å². The van der Waals surface area contributed by atoms with Gasteiger partial charge in [0, 0.05) is 19.1 Å². The molecule has 0 spiro atoms. The molecule has 16 heavy (non-hydrogen) atoms. The smallest absolute Gasteiger partial charge is 0.303 e. The number of carbonyl (C=O) groups is 1. The van der Waals surface area contributed by atoms with Crippen LogP contribution >= 0.6 is 0 Å². The highest BCUT2D eigenvalue weighted by Gasteiger charge is 2.46. The van der Waals surface area contributed by atoms with Crippen LogP contribution in [0, 0.1) is 5.41 Å². The molecule has 1 saturated carbocycles. The van der Waals surface area contributed by atoms with E-state index >= 15 is 0 Å². The van der Waals surface area contributed by atoms with E-state index in [0.29, 0.717) is 12.5 Å². The summed E-state index contributed by atoms with van der Waals surface area (Å²) >= 11 is 0. The second-order valence-corrected chi connectivity index (χ2v) is 5.49. The zero-order chi connectivity index (χ0) is 11.8. The Balaban J connectivity index is 1.90. The zero-order valence-corrected chi connectivity index (χ0v) is 10.1. The molecule has 4 nitrogen and oxygen atoms in total. The van der Waals surface area contributed by atoms with Crippen LogP contribution in [-0.2, 0) is 9.53 Å². The van der Waals surface area contributed by atoms with E-state index in [0.717, 1.165) is 32.5 Å². The molecule has 0 amide bonds. The van der Waals surface area contributed by atoms with Gasteiger partial charge < -0.3 is 9.84 Å². The monoisotopic (exact) mass is 227 g/mol. The first-order chi connectivity index (χ1) is 7.51. The number of aliphatic carboxylic acids is 1. The molecule has 1 N–H and O–H groups in total. The van der Waals surface area contributed by atoms with Crippen molar-refractivity contribution in [2.24, 2.45) is 5.41 Å². The first-order valence-electron chi connectivity index (χ1n) is 6.08. The minimum atomic E-state index is -0.661. The van der Waals surface area contributed by atoms with Gasteiger partial charge >= 0.3 is 5.97 Å². The second-order valence-electron chi connectivity index (χ2n) is 5.49. The Kier molecular flexibility index (Phi) is 3.22. The summed E-state index contributed by atoms with van der Waals surface area (Å²) in [6, 6.07) is 0.419. The highest BCUT2D eigenvalue weighted by molar-refractivity contribution is 5.68. The molecule has 4 heteroatoms. The lowest BCUT2D eigenvalue weighted by Gasteiger charge is -2.38. The fraction of sp³-hybridized carbons (Fsp3) is 0.917. The Bertz CT molecular complexity index is 275. The van der Waals surface area contributed by atoms with E-state index < -0.39 is 5.97 Å². The van der Waals surface area contributed by atoms with Gasteiger partial charge in [0.05, 0.1) is 19.1 Å². The van der Waals surface area contributed by atoms with Crippen LogP contribution in [0.5, 0.6) is 0 Å². The highest BCUT2D eigenvalue weighted by Crippen LogP contribution is 2.49. The maximum atomic E-state index is 10.8. The van der Waals surface area contributed by atoms with E-state index in [1.165, 1.54) is 0 Å². The third-order valence-corrected chi connectivity index (χ3v) is 3.76. The Morgan fingerprint density at radius 2 is 2.19 bits per heavy atom. The number of rotatable bonds is 4. The minimum absolute atomic E-state index is 0.0666. The molecule has 2 unspecified atom stereocenters. The predicted octanol–water partition coefficient (Wildman–Crippen LogP) is 1.35. The number of morpholine rings is 1. The van der Waals surface area contributed by atoms with Gasteiger partial charge in [0.15, 0.2) is 0 Å². The van der Waals surface area contributed by atoms with Gasteiger partial charge in [-0.1, -0.05) is 0 Å². The van der Waals surface area contributed by atoms with Crippen molar-refractivity contribution in [1.82, 2.24) is 4.90 Å². The van der Waals surface area contributed by atoms with Gasteiger partial charge in [-0.3, -0.25) is 9.69 Å². The molecule has 1 heterocycles. The number of hydrogen-bond donors (Lipinski definition) is 1. The van der Waals surface area contributed by atoms with Crippen LogP contribution in [0.25, 0.3) is 0 Å². The third-order valence-electron chi connectivity index (χ3n) is 3.76. The van der Waals surface area contributed by atoms with Crippen LogP contribution in [0.4, 0.5) is 0 Å². The number of ether oxygens (including phenoxy) is 1. The predicted molar refractivity (Wildman–Crippen MR) is 60.4 cm³/mol. The molecule has 1 aliphatic carbocycles. The lowest BCUT2D eigenvalue weighted by atomic mass is 10.0. The molecule has 92 valence electrons. The topological polar surface area (TPSA) is 49.8 Å². The van der Waals surface area contributed by atoms with Crippen LogP contribution in [0.2, 0.25) is 0 Å². The second kappa shape index (κ2) is 4.34. The SMILES string of the molecule is CC1CN(CC2(CC(=O)O)CC2)C(C)CO1. The number of hydrogen-bond acceptors (Lipinski definition) is 3. The fourth-order valence-electron chi connectivity index (χ4n) is 2.51. The van der Waals surface area contributed by atoms with Crippen molar-refractivity contribution in [3.8, 4) is 0 Å². The van der Waals surface area contributed by atoms with Crippen LogP contribution in [-0.4, -0.2) is 47.8 Å². The van der Waals surface area contributed by atoms with Crippen LogP contribution in [0.1, 0.15) is 33.1 Å². The van der Waals surface area contributed by atoms with Gasteiger partial charge in [-0.15, -0.1) is 0 Å². The molecule has 0 radical (unpaired) electrons. The quantitative estimate of drug-likeness (QED) is 0.787. The Hall–Kier alpha value is -0.610. The summed E-state index contributed by atoms with van der Waals surface area (Å²) < 4.78 is 5.58. The number of nitrogens with zero attached hydrogens (tertiary/aromatic N) is 1. The fourth-order valence-corrected chi connectivity index (χ4v) is 2.51. The maximum absolute atomic E-state index is 10.8. The molecular formula is C12H21NO3. The molecule has 2 rings (SSSR count). The van der Waals surface area contributed by atoms with Crippen molar-refractivity contribution in [2.75, 3.05) is 19.7 Å². The van der Waals surface area contributed by atoms with Crippen molar-refractivity contribution in [3.05, 3.63) is 0 Å². The lowest BCUT2D eigenvalue weighted by molar-refractivity contribution is -0.139. The van der Waals surface area contributed by atoms with Gasteiger partial charge in [0.1, 0.15) is 0 Å². The molecular weight excluding hydrogens is 206 g/mol. The standard InChI is InChI=1S/C12H21NO3/c1-9-7-16-10(2)6-13(9)8-12(3-4-12)5-11(14)15/h9-10H,3-8H2,1-2H3,(H,14,15). The van der Waals surface area contributed by atoms with E-state index in [2.05, 4.69) is 18.7 Å². The minimum Gasteiger partial charge on any atom is -0.481 e. The molecule has 0 aromatic rings. The summed E-state index contributed by atoms with van der Waals surface area (Å²) in [4.78, 5) is 13.2. The average molecular weight is 227 g/mol. The van der Waals surface area contributed by atoms with Gasteiger partial charge in [0.2, 0.25) is 0 Å². The van der Waals surface area contributed by atoms with Gasteiger partial charge in [0.25, 0.3) is 0 Å². The Labute approximate surface area is 96.6 Å². The summed E-state index contributed by atoms with van der Waals surface area (Å²) in [5.41, 5.74) is 0.0666. The molecule has 2 atom stereocenters. The number of carboxylic acids is 1. The third kappa shape index (κ3) is 2.74. The van der Waals surface area contributed by atoms with Gasteiger partial charge in [-0.05, 0) is 32.1 Å². The average Bonchev–Trinajstić information content (AvgIpc) is 2.90. The highest BCUT2D eigenvalue weighted by atomic mass is 16.5.